The summed E-state index contributed by atoms with van der Waals surface area (Å²) in [5.74, 6) is 0.832. The Morgan fingerprint density at radius 3 is 2.86 bits per heavy atom. The van der Waals surface area contributed by atoms with Crippen LogP contribution < -0.4 is 5.73 Å². The van der Waals surface area contributed by atoms with Crippen molar-refractivity contribution in [2.24, 2.45) is 0 Å². The third-order valence-corrected chi connectivity index (χ3v) is 3.96. The Hall–Kier alpha value is -2.01. The van der Waals surface area contributed by atoms with Gasteiger partial charge >= 0.3 is 0 Å². The molecule has 3 rings (SSSR count). The summed E-state index contributed by atoms with van der Waals surface area (Å²) in [5.41, 5.74) is 8.78. The van der Waals surface area contributed by atoms with E-state index in [9.17, 15) is 5.11 Å². The first-order valence-electron chi connectivity index (χ1n) is 6.85. The molecule has 0 unspecified atom stereocenters. The number of hydrogen-bond donors (Lipinski definition) is 2. The summed E-state index contributed by atoms with van der Waals surface area (Å²) in [6.45, 7) is 2.95. The fourth-order valence-corrected chi connectivity index (χ4v) is 2.85. The van der Waals surface area contributed by atoms with E-state index in [-0.39, 0.29) is 5.75 Å². The summed E-state index contributed by atoms with van der Waals surface area (Å²) in [4.78, 5) is 4.68. The van der Waals surface area contributed by atoms with Crippen LogP contribution in [0, 0.1) is 0 Å². The number of phenolic OH excluding ortho intramolecular Hbond substituents is 1. The van der Waals surface area contributed by atoms with E-state index in [2.05, 4.69) is 32.4 Å². The lowest BCUT2D eigenvalue weighted by Gasteiger charge is -2.10. The highest BCUT2D eigenvalue weighted by molar-refractivity contribution is 9.10. The lowest BCUT2D eigenvalue weighted by molar-refractivity contribution is 0.479. The van der Waals surface area contributed by atoms with Crippen molar-refractivity contribution in [3.63, 3.8) is 0 Å². The fourth-order valence-electron chi connectivity index (χ4n) is 2.50. The molecule has 0 saturated heterocycles. The largest absolute Gasteiger partial charge is 0.505 e. The second-order valence-corrected chi connectivity index (χ2v) is 5.88. The predicted octanol–water partition coefficient (Wildman–Crippen LogP) is 4.16. The zero-order valence-electron chi connectivity index (χ0n) is 11.7. The van der Waals surface area contributed by atoms with Gasteiger partial charge in [-0.05, 0) is 36.8 Å². The van der Waals surface area contributed by atoms with Gasteiger partial charge in [-0.3, -0.25) is 0 Å². The van der Waals surface area contributed by atoms with Crippen LogP contribution in [0.4, 0.5) is 5.69 Å². The Bertz CT molecular complexity index is 811. The van der Waals surface area contributed by atoms with Gasteiger partial charge < -0.3 is 15.4 Å². The molecule has 4 nitrogen and oxygen atoms in total. The third kappa shape index (κ3) is 2.38. The highest BCUT2D eigenvalue weighted by Gasteiger charge is 2.16. The predicted molar refractivity (Wildman–Crippen MR) is 89.2 cm³/mol. The van der Waals surface area contributed by atoms with E-state index in [1.807, 2.05) is 30.3 Å². The number of anilines is 1. The molecule has 0 aliphatic heterocycles. The number of fused-ring (bicyclic) bond motifs is 1. The van der Waals surface area contributed by atoms with Gasteiger partial charge in [0.15, 0.2) is 0 Å². The Morgan fingerprint density at radius 1 is 1.29 bits per heavy atom. The second-order valence-electron chi connectivity index (χ2n) is 4.96. The Morgan fingerprint density at radius 2 is 2.10 bits per heavy atom. The van der Waals surface area contributed by atoms with Crippen LogP contribution in [0.2, 0.25) is 0 Å². The topological polar surface area (TPSA) is 64.1 Å². The van der Waals surface area contributed by atoms with E-state index < -0.39 is 0 Å². The maximum atomic E-state index is 10.2. The number of halogens is 1. The molecule has 0 spiro atoms. The molecule has 3 N–H and O–H groups in total. The molecule has 2 aromatic carbocycles. The lowest BCUT2D eigenvalue weighted by Crippen LogP contribution is -2.00. The highest BCUT2D eigenvalue weighted by Crippen LogP contribution is 2.35. The highest BCUT2D eigenvalue weighted by atomic mass is 79.9. The number of benzene rings is 2. The fraction of sp³-hybridized carbons (Fsp3) is 0.188. The summed E-state index contributed by atoms with van der Waals surface area (Å²) in [7, 11) is 0. The van der Waals surface area contributed by atoms with Gasteiger partial charge in [0.2, 0.25) is 0 Å². The quantitative estimate of drug-likeness (QED) is 0.553. The number of imidazole rings is 1. The van der Waals surface area contributed by atoms with Crippen LogP contribution >= 0.6 is 15.9 Å². The van der Waals surface area contributed by atoms with Crippen LogP contribution in [0.25, 0.3) is 22.4 Å². The minimum absolute atomic E-state index is 0.0872. The molecule has 5 heteroatoms. The molecular weight excluding hydrogens is 330 g/mol. The molecule has 0 amide bonds. The van der Waals surface area contributed by atoms with E-state index in [0.717, 1.165) is 34.3 Å². The molecule has 1 heterocycles. The van der Waals surface area contributed by atoms with E-state index in [1.165, 1.54) is 0 Å². The number of aryl methyl sites for hydroxylation is 1. The first-order chi connectivity index (χ1) is 10.1. The van der Waals surface area contributed by atoms with Crippen molar-refractivity contribution in [1.29, 1.82) is 0 Å². The van der Waals surface area contributed by atoms with Crippen LogP contribution in [0.1, 0.15) is 13.3 Å². The van der Waals surface area contributed by atoms with Gasteiger partial charge in [0, 0.05) is 11.0 Å². The molecule has 0 radical (unpaired) electrons. The molecule has 0 atom stereocenters. The molecule has 3 aromatic rings. The van der Waals surface area contributed by atoms with E-state index in [1.54, 1.807) is 6.07 Å². The SMILES string of the molecule is CCCn1c(-c2cccc(N)c2O)nc2cc(Br)ccc21. The summed E-state index contributed by atoms with van der Waals surface area (Å²) in [5, 5.41) is 10.2. The van der Waals surface area contributed by atoms with Crippen molar-refractivity contribution in [2.75, 3.05) is 5.73 Å². The standard InChI is InChI=1S/C16H16BrN3O/c1-2-8-20-14-7-6-10(17)9-13(14)19-16(20)11-4-3-5-12(18)15(11)21/h3-7,9,21H,2,8,18H2,1H3. The summed E-state index contributed by atoms with van der Waals surface area (Å²) < 4.78 is 3.11. The number of nitrogens with zero attached hydrogens (tertiary/aromatic N) is 2. The van der Waals surface area contributed by atoms with Crippen LogP contribution in [0.3, 0.4) is 0 Å². The Kier molecular flexibility index (Phi) is 3.59. The minimum Gasteiger partial charge on any atom is -0.505 e. The smallest absolute Gasteiger partial charge is 0.149 e. The first kappa shape index (κ1) is 13.9. The number of aromatic nitrogens is 2. The molecule has 0 aliphatic carbocycles. The maximum absolute atomic E-state index is 10.2. The maximum Gasteiger partial charge on any atom is 0.149 e. The van der Waals surface area contributed by atoms with E-state index >= 15 is 0 Å². The van der Waals surface area contributed by atoms with Crippen molar-refractivity contribution in [3.05, 3.63) is 40.9 Å². The first-order valence-corrected chi connectivity index (χ1v) is 7.64. The zero-order valence-corrected chi connectivity index (χ0v) is 13.3. The number of aromatic hydroxyl groups is 1. The average molecular weight is 346 g/mol. The van der Waals surface area contributed by atoms with Gasteiger partial charge in [0.25, 0.3) is 0 Å². The van der Waals surface area contributed by atoms with Crippen molar-refractivity contribution in [3.8, 4) is 17.1 Å². The number of para-hydroxylation sites is 1. The van der Waals surface area contributed by atoms with Gasteiger partial charge in [0.05, 0.1) is 22.3 Å². The van der Waals surface area contributed by atoms with Crippen LogP contribution in [0.15, 0.2) is 40.9 Å². The number of phenols is 1. The molecule has 21 heavy (non-hydrogen) atoms. The minimum atomic E-state index is 0.0872. The van der Waals surface area contributed by atoms with Crippen molar-refractivity contribution >= 4 is 32.7 Å². The molecule has 0 fully saturated rings. The number of nitrogens with two attached hydrogens (primary N) is 1. The second kappa shape index (κ2) is 5.41. The number of rotatable bonds is 3. The van der Waals surface area contributed by atoms with Gasteiger partial charge in [-0.2, -0.15) is 0 Å². The van der Waals surface area contributed by atoms with Gasteiger partial charge in [0.1, 0.15) is 11.6 Å². The Balaban J connectivity index is 2.30. The summed E-state index contributed by atoms with van der Waals surface area (Å²) in [6, 6.07) is 11.4. The monoisotopic (exact) mass is 345 g/mol. The van der Waals surface area contributed by atoms with Crippen LogP contribution in [-0.2, 0) is 6.54 Å². The normalized spacial score (nSPS) is 11.1. The lowest BCUT2D eigenvalue weighted by atomic mass is 10.1. The third-order valence-electron chi connectivity index (χ3n) is 3.47. The van der Waals surface area contributed by atoms with Gasteiger partial charge in [-0.25, -0.2) is 4.98 Å². The van der Waals surface area contributed by atoms with Gasteiger partial charge in [-0.1, -0.05) is 28.9 Å². The van der Waals surface area contributed by atoms with Crippen molar-refractivity contribution in [2.45, 2.75) is 19.9 Å². The molecule has 0 aliphatic rings. The van der Waals surface area contributed by atoms with Crippen molar-refractivity contribution in [1.82, 2.24) is 9.55 Å². The van der Waals surface area contributed by atoms with Crippen LogP contribution in [-0.4, -0.2) is 14.7 Å². The van der Waals surface area contributed by atoms with Gasteiger partial charge in [-0.15, -0.1) is 0 Å². The van der Waals surface area contributed by atoms with Crippen LogP contribution in [0.5, 0.6) is 5.75 Å². The number of nitrogen functional groups attached to an aromatic ring is 1. The van der Waals surface area contributed by atoms with E-state index in [4.69, 9.17) is 5.73 Å². The average Bonchev–Trinajstić information content (AvgIpc) is 2.80. The summed E-state index contributed by atoms with van der Waals surface area (Å²) >= 11 is 3.47. The van der Waals surface area contributed by atoms with E-state index in [0.29, 0.717) is 11.3 Å². The zero-order chi connectivity index (χ0) is 15.0. The molecule has 108 valence electrons. The Labute approximate surface area is 131 Å². The number of hydrogen-bond acceptors (Lipinski definition) is 3. The van der Waals surface area contributed by atoms with Crippen molar-refractivity contribution < 1.29 is 5.11 Å². The molecule has 1 aromatic heterocycles. The summed E-state index contributed by atoms with van der Waals surface area (Å²) in [6.07, 6.45) is 0.984. The molecular formula is C16H16BrN3O. The molecule has 0 bridgehead atoms. The molecule has 0 saturated carbocycles.